The van der Waals surface area contributed by atoms with Crippen LogP contribution >= 0.6 is 7.60 Å². The second-order valence-corrected chi connectivity index (χ2v) is 8.12. The Labute approximate surface area is 119 Å². The van der Waals surface area contributed by atoms with Gasteiger partial charge in [0.1, 0.15) is 5.28 Å². The van der Waals surface area contributed by atoms with Crippen molar-refractivity contribution < 1.29 is 13.6 Å². The quantitative estimate of drug-likeness (QED) is 0.474. The van der Waals surface area contributed by atoms with Gasteiger partial charge in [-0.1, -0.05) is 20.3 Å². The average molecular weight is 293 g/mol. The lowest BCUT2D eigenvalue weighted by atomic mass is 10.2. The molecule has 5 heteroatoms. The van der Waals surface area contributed by atoms with Gasteiger partial charge in [0.2, 0.25) is 0 Å². The summed E-state index contributed by atoms with van der Waals surface area (Å²) in [6, 6.07) is 0. The highest BCUT2D eigenvalue weighted by Crippen LogP contribution is 2.61. The van der Waals surface area contributed by atoms with E-state index in [4.69, 9.17) is 9.05 Å². The molecule has 0 radical (unpaired) electrons. The van der Waals surface area contributed by atoms with Crippen molar-refractivity contribution in [2.75, 3.05) is 6.54 Å². The van der Waals surface area contributed by atoms with Crippen molar-refractivity contribution in [2.24, 2.45) is 0 Å². The molecule has 0 rings (SSSR count). The van der Waals surface area contributed by atoms with Gasteiger partial charge in [0.15, 0.2) is 0 Å². The molecule has 116 valence electrons. The molecule has 0 spiro atoms. The summed E-state index contributed by atoms with van der Waals surface area (Å²) in [6.07, 6.45) is 2.62. The van der Waals surface area contributed by atoms with Crippen LogP contribution in [0.4, 0.5) is 0 Å². The highest BCUT2D eigenvalue weighted by Gasteiger charge is 2.47. The Balaban J connectivity index is 5.09. The summed E-state index contributed by atoms with van der Waals surface area (Å²) in [5.74, 6) is 0. The van der Waals surface area contributed by atoms with E-state index in [2.05, 4.69) is 12.2 Å². The summed E-state index contributed by atoms with van der Waals surface area (Å²) in [6.45, 7) is 14.5. The van der Waals surface area contributed by atoms with Gasteiger partial charge in [0, 0.05) is 0 Å². The fourth-order valence-electron chi connectivity index (χ4n) is 1.76. The molecule has 0 aliphatic carbocycles. The molecule has 0 heterocycles. The standard InChI is InChI=1S/C14H32NO3P/c1-8-10-11-15-14(7,9-2)19(16,17-12(3)4)18-13(5)6/h12-13,15H,8-11H2,1-7H3. The average Bonchev–Trinajstić information content (AvgIpc) is 2.26. The number of hydrogen-bond acceptors (Lipinski definition) is 4. The van der Waals surface area contributed by atoms with Crippen molar-refractivity contribution >= 4 is 7.60 Å². The molecule has 0 saturated carbocycles. The third kappa shape index (κ3) is 5.95. The second kappa shape index (κ2) is 8.41. The minimum absolute atomic E-state index is 0.122. The number of nitrogens with one attached hydrogen (secondary N) is 1. The predicted molar refractivity (Wildman–Crippen MR) is 81.7 cm³/mol. The molecular formula is C14H32NO3P. The van der Waals surface area contributed by atoms with Crippen LogP contribution in [-0.2, 0) is 13.6 Å². The molecule has 0 aliphatic heterocycles. The van der Waals surface area contributed by atoms with Crippen LogP contribution in [0.2, 0.25) is 0 Å². The maximum Gasteiger partial charge on any atom is 0.350 e. The van der Waals surface area contributed by atoms with Crippen LogP contribution in [0.25, 0.3) is 0 Å². The largest absolute Gasteiger partial charge is 0.350 e. The van der Waals surface area contributed by atoms with E-state index in [9.17, 15) is 4.57 Å². The van der Waals surface area contributed by atoms with Crippen molar-refractivity contribution in [2.45, 2.75) is 85.2 Å². The smallest absolute Gasteiger partial charge is 0.305 e. The lowest BCUT2D eigenvalue weighted by Gasteiger charge is -2.38. The molecule has 4 nitrogen and oxygen atoms in total. The molecule has 0 aromatic carbocycles. The van der Waals surface area contributed by atoms with Crippen LogP contribution in [-0.4, -0.2) is 24.0 Å². The highest BCUT2D eigenvalue weighted by atomic mass is 31.2. The fraction of sp³-hybridized carbons (Fsp3) is 1.00. The second-order valence-electron chi connectivity index (χ2n) is 5.71. The zero-order valence-corrected chi connectivity index (χ0v) is 14.5. The Hall–Kier alpha value is 0.110. The zero-order chi connectivity index (χ0) is 15.1. The summed E-state index contributed by atoms with van der Waals surface area (Å²) in [5.41, 5.74) is 0. The minimum Gasteiger partial charge on any atom is -0.305 e. The Morgan fingerprint density at radius 3 is 1.89 bits per heavy atom. The molecule has 1 atom stereocenters. The minimum atomic E-state index is -3.20. The number of hydrogen-bond donors (Lipinski definition) is 1. The first kappa shape index (κ1) is 19.1. The fourth-order valence-corrected chi connectivity index (χ4v) is 4.08. The van der Waals surface area contributed by atoms with E-state index >= 15 is 0 Å². The Morgan fingerprint density at radius 2 is 1.58 bits per heavy atom. The SMILES string of the molecule is CCCCNC(C)(CC)P(=O)(OC(C)C)OC(C)C. The van der Waals surface area contributed by atoms with E-state index in [-0.39, 0.29) is 12.2 Å². The van der Waals surface area contributed by atoms with Crippen LogP contribution in [0.5, 0.6) is 0 Å². The molecule has 19 heavy (non-hydrogen) atoms. The van der Waals surface area contributed by atoms with Crippen molar-refractivity contribution in [1.29, 1.82) is 0 Å². The third-order valence-electron chi connectivity index (χ3n) is 3.03. The highest BCUT2D eigenvalue weighted by molar-refractivity contribution is 7.55. The van der Waals surface area contributed by atoms with Crippen LogP contribution in [0.1, 0.15) is 67.7 Å². The molecular weight excluding hydrogens is 261 g/mol. The molecule has 0 bridgehead atoms. The lowest BCUT2D eigenvalue weighted by Crippen LogP contribution is -2.44. The first-order chi connectivity index (χ1) is 8.70. The van der Waals surface area contributed by atoms with Gasteiger partial charge in [0.05, 0.1) is 12.2 Å². The monoisotopic (exact) mass is 293 g/mol. The summed E-state index contributed by atoms with van der Waals surface area (Å²) in [5, 5.41) is 2.76. The molecule has 1 unspecified atom stereocenters. The molecule has 0 aromatic heterocycles. The van der Waals surface area contributed by atoms with Gasteiger partial charge in [-0.15, -0.1) is 0 Å². The van der Waals surface area contributed by atoms with Gasteiger partial charge < -0.3 is 14.4 Å². The van der Waals surface area contributed by atoms with E-state index in [1.54, 1.807) is 0 Å². The maximum absolute atomic E-state index is 13.2. The first-order valence-corrected chi connectivity index (χ1v) is 8.97. The van der Waals surface area contributed by atoms with Gasteiger partial charge in [-0.05, 0) is 54.0 Å². The van der Waals surface area contributed by atoms with Crippen LogP contribution < -0.4 is 5.32 Å². The molecule has 0 fully saturated rings. The zero-order valence-electron chi connectivity index (χ0n) is 13.7. The van der Waals surface area contributed by atoms with Crippen molar-refractivity contribution in [3.05, 3.63) is 0 Å². The Kier molecular flexibility index (Phi) is 8.46. The molecule has 0 aliphatic rings. The molecule has 1 N–H and O–H groups in total. The first-order valence-electron chi connectivity index (χ1n) is 7.42. The normalized spacial score (nSPS) is 16.1. The van der Waals surface area contributed by atoms with Gasteiger partial charge in [0.25, 0.3) is 0 Å². The van der Waals surface area contributed by atoms with Gasteiger partial charge in [-0.3, -0.25) is 4.57 Å². The van der Waals surface area contributed by atoms with Gasteiger partial charge in [-0.2, -0.15) is 0 Å². The summed E-state index contributed by atoms with van der Waals surface area (Å²) in [4.78, 5) is 0. The lowest BCUT2D eigenvalue weighted by molar-refractivity contribution is 0.120. The van der Waals surface area contributed by atoms with Gasteiger partial charge in [-0.25, -0.2) is 0 Å². The van der Waals surface area contributed by atoms with E-state index in [0.717, 1.165) is 19.4 Å². The van der Waals surface area contributed by atoms with E-state index in [1.807, 2.05) is 41.5 Å². The summed E-state index contributed by atoms with van der Waals surface area (Å²) >= 11 is 0. The van der Waals surface area contributed by atoms with Crippen molar-refractivity contribution in [1.82, 2.24) is 5.32 Å². The summed E-state index contributed by atoms with van der Waals surface area (Å²) in [7, 11) is -3.20. The molecule has 0 aromatic rings. The van der Waals surface area contributed by atoms with Crippen molar-refractivity contribution in [3.8, 4) is 0 Å². The van der Waals surface area contributed by atoms with Crippen LogP contribution in [0.3, 0.4) is 0 Å². The number of unbranched alkanes of at least 4 members (excludes halogenated alkanes) is 1. The van der Waals surface area contributed by atoms with Crippen LogP contribution in [0.15, 0.2) is 0 Å². The topological polar surface area (TPSA) is 47.6 Å². The molecule has 0 saturated heterocycles. The maximum atomic E-state index is 13.2. The molecule has 0 amide bonds. The summed E-state index contributed by atoms with van der Waals surface area (Å²) < 4.78 is 24.6. The third-order valence-corrected chi connectivity index (χ3v) is 6.11. The number of rotatable bonds is 10. The van der Waals surface area contributed by atoms with E-state index in [0.29, 0.717) is 6.42 Å². The van der Waals surface area contributed by atoms with Gasteiger partial charge >= 0.3 is 7.60 Å². The Bertz CT molecular complexity index is 280. The Morgan fingerprint density at radius 1 is 1.11 bits per heavy atom. The van der Waals surface area contributed by atoms with E-state index < -0.39 is 12.9 Å². The predicted octanol–water partition coefficient (Wildman–Crippen LogP) is 4.55. The van der Waals surface area contributed by atoms with E-state index in [1.165, 1.54) is 0 Å². The van der Waals surface area contributed by atoms with Crippen molar-refractivity contribution in [3.63, 3.8) is 0 Å². The van der Waals surface area contributed by atoms with Crippen LogP contribution in [0, 0.1) is 0 Å².